The zero-order chi connectivity index (χ0) is 19.7. The Labute approximate surface area is 167 Å². The molecule has 0 bridgehead atoms. The standard InChI is InChI=1S/C23H28N2O2S/c1-3-4-6-17-10-12-18(13-11-17)28(26,27)25-22-8-5-7-19-20-15-16(2)9-14-21(20)24-23(19)22/h9-15,22,24-25H,3-8H2,1-2H3. The Kier molecular flexibility index (Phi) is 5.30. The van der Waals surface area contributed by atoms with Gasteiger partial charge >= 0.3 is 0 Å². The molecule has 0 aliphatic heterocycles. The molecule has 0 saturated carbocycles. The van der Waals surface area contributed by atoms with Crippen molar-refractivity contribution in [1.82, 2.24) is 9.71 Å². The third-order valence-corrected chi connectivity index (χ3v) is 7.20. The third kappa shape index (κ3) is 3.74. The molecular formula is C23H28N2O2S. The molecule has 148 valence electrons. The number of nitrogens with one attached hydrogen (secondary N) is 2. The molecule has 5 heteroatoms. The first kappa shape index (κ1) is 19.2. The summed E-state index contributed by atoms with van der Waals surface area (Å²) in [6.07, 6.45) is 6.03. The summed E-state index contributed by atoms with van der Waals surface area (Å²) in [7, 11) is -3.56. The van der Waals surface area contributed by atoms with Crippen molar-refractivity contribution in [2.24, 2.45) is 0 Å². The molecule has 1 atom stereocenters. The Bertz CT molecular complexity index is 1080. The monoisotopic (exact) mass is 396 g/mol. The van der Waals surface area contributed by atoms with Crippen molar-refractivity contribution in [2.45, 2.75) is 63.3 Å². The van der Waals surface area contributed by atoms with Crippen LogP contribution in [-0.2, 0) is 22.9 Å². The molecule has 28 heavy (non-hydrogen) atoms. The lowest BCUT2D eigenvalue weighted by molar-refractivity contribution is 0.501. The lowest BCUT2D eigenvalue weighted by Crippen LogP contribution is -2.31. The Balaban J connectivity index is 1.60. The summed E-state index contributed by atoms with van der Waals surface area (Å²) < 4.78 is 28.9. The SMILES string of the molecule is CCCCc1ccc(S(=O)(=O)NC2CCCc3c2[nH]c2ccc(C)cc32)cc1. The summed E-state index contributed by atoms with van der Waals surface area (Å²) in [5.41, 5.74) is 5.77. The Morgan fingerprint density at radius 3 is 2.68 bits per heavy atom. The average molecular weight is 397 g/mol. The Hall–Kier alpha value is -2.11. The number of benzene rings is 2. The molecule has 0 amide bonds. The summed E-state index contributed by atoms with van der Waals surface area (Å²) in [4.78, 5) is 3.81. The fourth-order valence-electron chi connectivity index (χ4n) is 4.17. The van der Waals surface area contributed by atoms with Gasteiger partial charge in [-0.3, -0.25) is 0 Å². The molecule has 3 aromatic rings. The van der Waals surface area contributed by atoms with Gasteiger partial charge in [-0.15, -0.1) is 0 Å². The van der Waals surface area contributed by atoms with Gasteiger partial charge in [-0.1, -0.05) is 37.1 Å². The smallest absolute Gasteiger partial charge is 0.241 e. The van der Waals surface area contributed by atoms with Crippen LogP contribution in [0, 0.1) is 6.92 Å². The maximum Gasteiger partial charge on any atom is 0.241 e. The van der Waals surface area contributed by atoms with Crippen LogP contribution in [-0.4, -0.2) is 13.4 Å². The van der Waals surface area contributed by atoms with E-state index in [1.165, 1.54) is 22.1 Å². The van der Waals surface area contributed by atoms with Crippen molar-refractivity contribution in [2.75, 3.05) is 0 Å². The molecule has 1 heterocycles. The van der Waals surface area contributed by atoms with Gasteiger partial charge in [-0.2, -0.15) is 0 Å². The lowest BCUT2D eigenvalue weighted by Gasteiger charge is -2.23. The van der Waals surface area contributed by atoms with Gasteiger partial charge in [-0.05, 0) is 74.4 Å². The van der Waals surface area contributed by atoms with Crippen molar-refractivity contribution in [3.05, 3.63) is 64.8 Å². The normalized spacial score (nSPS) is 17.0. The number of H-pyrrole nitrogens is 1. The summed E-state index contributed by atoms with van der Waals surface area (Å²) in [6.45, 7) is 4.25. The number of aromatic nitrogens is 1. The fourth-order valence-corrected chi connectivity index (χ4v) is 5.41. The van der Waals surface area contributed by atoms with E-state index in [1.54, 1.807) is 12.1 Å². The lowest BCUT2D eigenvalue weighted by atomic mass is 9.92. The van der Waals surface area contributed by atoms with Crippen molar-refractivity contribution >= 4 is 20.9 Å². The molecule has 1 aliphatic carbocycles. The zero-order valence-electron chi connectivity index (χ0n) is 16.6. The first-order valence-electron chi connectivity index (χ1n) is 10.2. The van der Waals surface area contributed by atoms with Crippen molar-refractivity contribution in [1.29, 1.82) is 0 Å². The summed E-state index contributed by atoms with van der Waals surface area (Å²) >= 11 is 0. The van der Waals surface area contributed by atoms with Crippen LogP contribution in [0.4, 0.5) is 0 Å². The van der Waals surface area contributed by atoms with Crippen molar-refractivity contribution in [3.8, 4) is 0 Å². The van der Waals surface area contributed by atoms with Gasteiger partial charge in [0, 0.05) is 16.6 Å². The quantitative estimate of drug-likeness (QED) is 0.603. The minimum absolute atomic E-state index is 0.207. The van der Waals surface area contributed by atoms with E-state index in [4.69, 9.17) is 0 Å². The maximum atomic E-state index is 13.0. The number of aryl methyl sites for hydroxylation is 3. The minimum atomic E-state index is -3.56. The molecule has 4 nitrogen and oxygen atoms in total. The maximum absolute atomic E-state index is 13.0. The highest BCUT2D eigenvalue weighted by Gasteiger charge is 2.28. The third-order valence-electron chi connectivity index (χ3n) is 5.71. The van der Waals surface area contributed by atoms with Crippen LogP contribution in [0.15, 0.2) is 47.4 Å². The number of hydrogen-bond donors (Lipinski definition) is 2. The van der Waals surface area contributed by atoms with Crippen LogP contribution in [0.2, 0.25) is 0 Å². The second kappa shape index (κ2) is 7.72. The van der Waals surface area contributed by atoms with Crippen LogP contribution >= 0.6 is 0 Å². The van der Waals surface area contributed by atoms with Gasteiger partial charge in [0.05, 0.1) is 10.9 Å². The van der Waals surface area contributed by atoms with E-state index in [-0.39, 0.29) is 6.04 Å². The number of unbranched alkanes of at least 4 members (excludes halogenated alkanes) is 1. The van der Waals surface area contributed by atoms with Gasteiger partial charge in [0.1, 0.15) is 0 Å². The van der Waals surface area contributed by atoms with Crippen LogP contribution in [0.3, 0.4) is 0 Å². The average Bonchev–Trinajstić information content (AvgIpc) is 3.05. The van der Waals surface area contributed by atoms with Crippen molar-refractivity contribution < 1.29 is 8.42 Å². The molecule has 2 N–H and O–H groups in total. The van der Waals surface area contributed by atoms with E-state index in [0.717, 1.165) is 49.7 Å². The molecule has 0 radical (unpaired) electrons. The molecule has 4 rings (SSSR count). The highest BCUT2D eigenvalue weighted by Crippen LogP contribution is 2.35. The predicted octanol–water partition coefficient (Wildman–Crippen LogP) is 5.17. The second-order valence-electron chi connectivity index (χ2n) is 7.88. The molecule has 0 fully saturated rings. The van der Waals surface area contributed by atoms with Gasteiger partial charge in [0.25, 0.3) is 0 Å². The first-order valence-corrected chi connectivity index (χ1v) is 11.7. The topological polar surface area (TPSA) is 62.0 Å². The van der Waals surface area contributed by atoms with Gasteiger partial charge in [0.2, 0.25) is 10.0 Å². The summed E-state index contributed by atoms with van der Waals surface area (Å²) in [5, 5.41) is 1.22. The molecule has 1 aromatic heterocycles. The van der Waals surface area contributed by atoms with E-state index >= 15 is 0 Å². The molecule has 1 unspecified atom stereocenters. The minimum Gasteiger partial charge on any atom is -0.357 e. The molecule has 1 aliphatic rings. The van der Waals surface area contributed by atoms with E-state index in [0.29, 0.717) is 4.90 Å². The summed E-state index contributed by atoms with van der Waals surface area (Å²) in [6, 6.07) is 13.5. The largest absolute Gasteiger partial charge is 0.357 e. The zero-order valence-corrected chi connectivity index (χ0v) is 17.4. The van der Waals surface area contributed by atoms with E-state index in [9.17, 15) is 8.42 Å². The van der Waals surface area contributed by atoms with E-state index < -0.39 is 10.0 Å². The number of aromatic amines is 1. The first-order chi connectivity index (χ1) is 13.5. The fraction of sp³-hybridized carbons (Fsp3) is 0.391. The number of sulfonamides is 1. The molecule has 0 spiro atoms. The van der Waals surface area contributed by atoms with E-state index in [1.807, 2.05) is 12.1 Å². The highest BCUT2D eigenvalue weighted by molar-refractivity contribution is 7.89. The summed E-state index contributed by atoms with van der Waals surface area (Å²) in [5.74, 6) is 0. The Morgan fingerprint density at radius 2 is 1.93 bits per heavy atom. The van der Waals surface area contributed by atoms with Gasteiger partial charge < -0.3 is 4.98 Å². The number of hydrogen-bond acceptors (Lipinski definition) is 2. The molecular weight excluding hydrogens is 368 g/mol. The highest BCUT2D eigenvalue weighted by atomic mass is 32.2. The van der Waals surface area contributed by atoms with Crippen molar-refractivity contribution in [3.63, 3.8) is 0 Å². The number of fused-ring (bicyclic) bond motifs is 3. The Morgan fingerprint density at radius 1 is 1.14 bits per heavy atom. The molecule has 0 saturated heterocycles. The second-order valence-corrected chi connectivity index (χ2v) is 9.59. The predicted molar refractivity (Wildman–Crippen MR) is 114 cm³/mol. The number of rotatable bonds is 6. The van der Waals surface area contributed by atoms with Gasteiger partial charge in [-0.25, -0.2) is 13.1 Å². The van der Waals surface area contributed by atoms with Crippen LogP contribution in [0.5, 0.6) is 0 Å². The van der Waals surface area contributed by atoms with Crippen LogP contribution in [0.25, 0.3) is 10.9 Å². The van der Waals surface area contributed by atoms with E-state index in [2.05, 4.69) is 41.8 Å². The molecule has 2 aromatic carbocycles. The van der Waals surface area contributed by atoms with Gasteiger partial charge in [0.15, 0.2) is 0 Å². The van der Waals surface area contributed by atoms with Crippen LogP contribution in [0.1, 0.15) is 61.0 Å². The van der Waals surface area contributed by atoms with Crippen LogP contribution < -0.4 is 4.72 Å².